The highest BCUT2D eigenvalue weighted by Gasteiger charge is 2.02. The maximum absolute atomic E-state index is 11.4. The number of carbonyl (C=O) groups is 1. The molecule has 0 bridgehead atoms. The molecule has 0 heterocycles. The Morgan fingerprint density at radius 1 is 0.469 bits per heavy atom. The summed E-state index contributed by atoms with van der Waals surface area (Å²) in [6.07, 6.45) is 32.6. The van der Waals surface area contributed by atoms with E-state index in [9.17, 15) is 4.79 Å². The van der Waals surface area contributed by atoms with E-state index < -0.39 is 6.16 Å². The van der Waals surface area contributed by atoms with Crippen LogP contribution in [0.25, 0.3) is 0 Å². The number of hydrogen-bond acceptors (Lipinski definition) is 3. The summed E-state index contributed by atoms with van der Waals surface area (Å²) in [5, 5.41) is 0. The summed E-state index contributed by atoms with van der Waals surface area (Å²) in [5.74, 6) is 0. The summed E-state index contributed by atoms with van der Waals surface area (Å²) in [5.41, 5.74) is 0. The number of rotatable bonds is 25. The Morgan fingerprint density at radius 3 is 1.19 bits per heavy atom. The monoisotopic (exact) mass is 452 g/mol. The first-order valence-corrected chi connectivity index (χ1v) is 14.3. The van der Waals surface area contributed by atoms with Crippen LogP contribution in [0.15, 0.2) is 12.2 Å². The highest BCUT2D eigenvalue weighted by atomic mass is 16.7. The lowest BCUT2D eigenvalue weighted by atomic mass is 10.1. The molecule has 0 N–H and O–H groups in total. The molecular formula is C29H56O3. The number of hydrogen-bond donors (Lipinski definition) is 0. The summed E-state index contributed by atoms with van der Waals surface area (Å²) in [7, 11) is 0. The molecule has 0 atom stereocenters. The molecule has 0 fully saturated rings. The molecule has 0 aromatic heterocycles. The molecule has 190 valence electrons. The first-order valence-electron chi connectivity index (χ1n) is 14.3. The molecular weight excluding hydrogens is 396 g/mol. The lowest BCUT2D eigenvalue weighted by molar-refractivity contribution is 0.0529. The van der Waals surface area contributed by atoms with Gasteiger partial charge in [-0.15, -0.1) is 0 Å². The zero-order chi connectivity index (χ0) is 23.4. The molecule has 32 heavy (non-hydrogen) atoms. The Balaban J connectivity index is 3.14. The van der Waals surface area contributed by atoms with Gasteiger partial charge in [-0.3, -0.25) is 0 Å². The third kappa shape index (κ3) is 27.0. The topological polar surface area (TPSA) is 35.5 Å². The van der Waals surface area contributed by atoms with Crippen LogP contribution in [0.5, 0.6) is 0 Å². The Morgan fingerprint density at radius 2 is 0.781 bits per heavy atom. The van der Waals surface area contributed by atoms with Crippen molar-refractivity contribution in [3.63, 3.8) is 0 Å². The minimum atomic E-state index is -0.491. The molecule has 0 spiro atoms. The standard InChI is InChI=1S/C29H56O3/c1-3-5-7-9-10-11-12-13-14-15-16-17-18-19-20-21-22-23-24-26-28-32-29(30)31-27-25-8-6-4-2/h13-14H,3-12,15-28H2,1-2H3. The molecule has 3 nitrogen and oxygen atoms in total. The molecule has 0 unspecified atom stereocenters. The maximum Gasteiger partial charge on any atom is 0.508 e. The molecule has 0 saturated heterocycles. The van der Waals surface area contributed by atoms with Crippen molar-refractivity contribution in [3.05, 3.63) is 12.2 Å². The number of allylic oxidation sites excluding steroid dienone is 2. The van der Waals surface area contributed by atoms with Crippen molar-refractivity contribution in [2.75, 3.05) is 13.2 Å². The zero-order valence-corrected chi connectivity index (χ0v) is 21.9. The van der Waals surface area contributed by atoms with Gasteiger partial charge < -0.3 is 9.47 Å². The average molecular weight is 453 g/mol. The lowest BCUT2D eigenvalue weighted by Gasteiger charge is -2.06. The van der Waals surface area contributed by atoms with Gasteiger partial charge in [0.2, 0.25) is 0 Å². The van der Waals surface area contributed by atoms with Crippen molar-refractivity contribution in [1.82, 2.24) is 0 Å². The molecule has 0 aliphatic carbocycles. The van der Waals surface area contributed by atoms with Crippen LogP contribution in [0.4, 0.5) is 4.79 Å². The average Bonchev–Trinajstić information content (AvgIpc) is 2.80. The quantitative estimate of drug-likeness (QED) is 0.0784. The Bertz CT molecular complexity index is 392. The van der Waals surface area contributed by atoms with Crippen LogP contribution >= 0.6 is 0 Å². The third-order valence-corrected chi connectivity index (χ3v) is 6.09. The third-order valence-electron chi connectivity index (χ3n) is 6.09. The summed E-state index contributed by atoms with van der Waals surface area (Å²) in [6.45, 7) is 5.45. The van der Waals surface area contributed by atoms with Gasteiger partial charge in [0.25, 0.3) is 0 Å². The van der Waals surface area contributed by atoms with E-state index in [2.05, 4.69) is 26.0 Å². The lowest BCUT2D eigenvalue weighted by Crippen LogP contribution is -2.09. The molecule has 0 rings (SSSR count). The first kappa shape index (κ1) is 31.0. The Kier molecular flexibility index (Phi) is 27.2. The normalized spacial score (nSPS) is 11.3. The fraction of sp³-hybridized carbons (Fsp3) is 0.897. The molecule has 0 aliphatic heterocycles. The number of unbranched alkanes of at least 4 members (excludes halogenated alkanes) is 19. The van der Waals surface area contributed by atoms with Crippen LogP contribution in [-0.2, 0) is 9.47 Å². The Hall–Kier alpha value is -0.990. The van der Waals surface area contributed by atoms with Crippen molar-refractivity contribution in [3.8, 4) is 0 Å². The smallest absolute Gasteiger partial charge is 0.434 e. The van der Waals surface area contributed by atoms with Crippen molar-refractivity contribution in [2.45, 2.75) is 155 Å². The molecule has 0 saturated carbocycles. The van der Waals surface area contributed by atoms with Crippen molar-refractivity contribution in [2.24, 2.45) is 0 Å². The van der Waals surface area contributed by atoms with Crippen LogP contribution in [-0.4, -0.2) is 19.4 Å². The van der Waals surface area contributed by atoms with Gasteiger partial charge in [-0.2, -0.15) is 0 Å². The maximum atomic E-state index is 11.4. The SMILES string of the molecule is CCCCCCCCC=CCCCCCCCCCCCCOC(=O)OCCCCCC. The molecule has 0 aromatic rings. The molecule has 0 aromatic carbocycles. The van der Waals surface area contributed by atoms with Crippen LogP contribution < -0.4 is 0 Å². The van der Waals surface area contributed by atoms with E-state index >= 15 is 0 Å². The van der Waals surface area contributed by atoms with Gasteiger partial charge in [0.1, 0.15) is 0 Å². The van der Waals surface area contributed by atoms with E-state index in [0.29, 0.717) is 13.2 Å². The molecule has 0 amide bonds. The van der Waals surface area contributed by atoms with E-state index in [0.717, 1.165) is 25.7 Å². The van der Waals surface area contributed by atoms with Gasteiger partial charge >= 0.3 is 6.16 Å². The van der Waals surface area contributed by atoms with Gasteiger partial charge in [-0.25, -0.2) is 4.79 Å². The number of ether oxygens (including phenoxy) is 2. The van der Waals surface area contributed by atoms with E-state index in [1.54, 1.807) is 0 Å². The highest BCUT2D eigenvalue weighted by Crippen LogP contribution is 2.12. The van der Waals surface area contributed by atoms with Gasteiger partial charge in [-0.05, 0) is 38.5 Å². The van der Waals surface area contributed by atoms with Crippen LogP contribution in [0.2, 0.25) is 0 Å². The van der Waals surface area contributed by atoms with Gasteiger partial charge in [0.15, 0.2) is 0 Å². The molecule has 0 aliphatic rings. The second-order valence-electron chi connectivity index (χ2n) is 9.36. The van der Waals surface area contributed by atoms with Gasteiger partial charge in [0, 0.05) is 0 Å². The Labute approximate surface area is 201 Å². The minimum Gasteiger partial charge on any atom is -0.434 e. The predicted molar refractivity (Wildman–Crippen MR) is 139 cm³/mol. The van der Waals surface area contributed by atoms with E-state index in [1.807, 2.05) is 0 Å². The van der Waals surface area contributed by atoms with Crippen molar-refractivity contribution < 1.29 is 14.3 Å². The van der Waals surface area contributed by atoms with Gasteiger partial charge in [0.05, 0.1) is 13.2 Å². The van der Waals surface area contributed by atoms with Crippen LogP contribution in [0, 0.1) is 0 Å². The summed E-state index contributed by atoms with van der Waals surface area (Å²) in [6, 6.07) is 0. The van der Waals surface area contributed by atoms with Crippen molar-refractivity contribution >= 4 is 6.16 Å². The van der Waals surface area contributed by atoms with E-state index in [-0.39, 0.29) is 0 Å². The highest BCUT2D eigenvalue weighted by molar-refractivity contribution is 5.59. The fourth-order valence-electron chi connectivity index (χ4n) is 3.94. The summed E-state index contributed by atoms with van der Waals surface area (Å²) < 4.78 is 10.2. The zero-order valence-electron chi connectivity index (χ0n) is 21.9. The first-order chi connectivity index (χ1) is 15.8. The fourth-order valence-corrected chi connectivity index (χ4v) is 3.94. The molecule has 3 heteroatoms. The van der Waals surface area contributed by atoms with Crippen molar-refractivity contribution in [1.29, 1.82) is 0 Å². The van der Waals surface area contributed by atoms with Crippen LogP contribution in [0.1, 0.15) is 155 Å². The minimum absolute atomic E-state index is 0.491. The second kappa shape index (κ2) is 28.0. The predicted octanol–water partition coefficient (Wildman–Crippen LogP) is 10.3. The largest absolute Gasteiger partial charge is 0.508 e. The number of carbonyl (C=O) groups excluding carboxylic acids is 1. The van der Waals surface area contributed by atoms with Gasteiger partial charge in [-0.1, -0.05) is 129 Å². The van der Waals surface area contributed by atoms with E-state index in [4.69, 9.17) is 9.47 Å². The van der Waals surface area contributed by atoms with E-state index in [1.165, 1.54) is 116 Å². The summed E-state index contributed by atoms with van der Waals surface area (Å²) in [4.78, 5) is 11.4. The second-order valence-corrected chi connectivity index (χ2v) is 9.36. The van der Waals surface area contributed by atoms with Crippen LogP contribution in [0.3, 0.4) is 0 Å². The molecule has 0 radical (unpaired) electrons. The summed E-state index contributed by atoms with van der Waals surface area (Å²) >= 11 is 0.